The molecular weight excluding hydrogens is 362 g/mol. The molecule has 0 unspecified atom stereocenters. The molecule has 0 aliphatic heterocycles. The molecule has 0 saturated heterocycles. The molecule has 0 spiro atoms. The van der Waals surface area contributed by atoms with Crippen LogP contribution in [0.15, 0.2) is 0 Å². The van der Waals surface area contributed by atoms with Gasteiger partial charge in [0.1, 0.15) is 0 Å². The van der Waals surface area contributed by atoms with Crippen LogP contribution < -0.4 is 27.8 Å². The molecule has 0 aromatic carbocycles. The molecule has 9 nitrogen and oxygen atoms in total. The lowest BCUT2D eigenvalue weighted by atomic mass is 9.74. The lowest BCUT2D eigenvalue weighted by Crippen LogP contribution is -2.42. The highest BCUT2D eigenvalue weighted by molar-refractivity contribution is 5.84. The molecule has 0 atom stereocenters. The third kappa shape index (κ3) is 9.68. The van der Waals surface area contributed by atoms with E-state index in [0.29, 0.717) is 13.1 Å². The van der Waals surface area contributed by atoms with Crippen molar-refractivity contribution in [2.75, 3.05) is 19.6 Å². The summed E-state index contributed by atoms with van der Waals surface area (Å²) < 4.78 is 0. The minimum atomic E-state index is -0.878. The molecule has 0 saturated carbocycles. The molecule has 0 fully saturated rings. The number of hydrogen-bond acceptors (Lipinski definition) is 5. The van der Waals surface area contributed by atoms with Gasteiger partial charge in [0.15, 0.2) is 0 Å². The SMILES string of the molecule is CC(C)(CC(CC(C)(C)C(N)=O)C(=O)NCCCCCNC(=O)CN)C(N)=O. The molecule has 28 heavy (non-hydrogen) atoms. The number of rotatable bonds is 14. The summed E-state index contributed by atoms with van der Waals surface area (Å²) >= 11 is 0. The largest absolute Gasteiger partial charge is 0.369 e. The summed E-state index contributed by atoms with van der Waals surface area (Å²) in [5.41, 5.74) is 14.3. The molecule has 0 rings (SSSR count). The summed E-state index contributed by atoms with van der Waals surface area (Å²) in [4.78, 5) is 47.0. The molecule has 0 heterocycles. The summed E-state index contributed by atoms with van der Waals surface area (Å²) in [6.45, 7) is 7.72. The molecule has 162 valence electrons. The Labute approximate surface area is 167 Å². The van der Waals surface area contributed by atoms with Crippen molar-refractivity contribution in [3.8, 4) is 0 Å². The zero-order chi connectivity index (χ0) is 22.0. The van der Waals surface area contributed by atoms with Crippen molar-refractivity contribution >= 4 is 23.6 Å². The van der Waals surface area contributed by atoms with Crippen molar-refractivity contribution in [1.29, 1.82) is 0 Å². The summed E-state index contributed by atoms with van der Waals surface area (Å²) in [5, 5.41) is 5.55. The fourth-order valence-corrected chi connectivity index (χ4v) is 2.77. The van der Waals surface area contributed by atoms with Crippen molar-refractivity contribution in [2.24, 2.45) is 33.9 Å². The highest BCUT2D eigenvalue weighted by Crippen LogP contribution is 2.33. The second-order valence-corrected chi connectivity index (χ2v) is 8.51. The van der Waals surface area contributed by atoms with E-state index in [2.05, 4.69) is 10.6 Å². The van der Waals surface area contributed by atoms with Gasteiger partial charge in [0.25, 0.3) is 0 Å². The molecule has 0 aromatic heterocycles. The number of carbonyl (C=O) groups is 4. The van der Waals surface area contributed by atoms with E-state index in [0.717, 1.165) is 19.3 Å². The van der Waals surface area contributed by atoms with Gasteiger partial charge in [0.2, 0.25) is 23.6 Å². The molecular formula is C19H37N5O4. The van der Waals surface area contributed by atoms with Crippen LogP contribution in [0.4, 0.5) is 0 Å². The van der Waals surface area contributed by atoms with Gasteiger partial charge in [-0.25, -0.2) is 0 Å². The van der Waals surface area contributed by atoms with Crippen LogP contribution in [0.5, 0.6) is 0 Å². The summed E-state index contributed by atoms with van der Waals surface area (Å²) in [6, 6.07) is 0. The van der Waals surface area contributed by atoms with Crippen molar-refractivity contribution in [3.05, 3.63) is 0 Å². The predicted molar refractivity (Wildman–Crippen MR) is 108 cm³/mol. The van der Waals surface area contributed by atoms with Crippen LogP contribution in [0.1, 0.15) is 59.8 Å². The third-order valence-electron chi connectivity index (χ3n) is 4.88. The van der Waals surface area contributed by atoms with E-state index < -0.39 is 28.6 Å². The maximum absolute atomic E-state index is 12.7. The Hall–Kier alpha value is -2.16. The maximum Gasteiger partial charge on any atom is 0.233 e. The van der Waals surface area contributed by atoms with Gasteiger partial charge in [-0.2, -0.15) is 0 Å². The second kappa shape index (κ2) is 11.6. The Morgan fingerprint density at radius 2 is 1.21 bits per heavy atom. The minimum Gasteiger partial charge on any atom is -0.369 e. The molecule has 0 bridgehead atoms. The standard InChI is InChI=1S/C19H37N5O4/c1-18(2,16(21)27)10-13(11-19(3,4)17(22)28)15(26)24-9-7-5-6-8-23-14(25)12-20/h13H,5-12,20H2,1-4H3,(H2,21,27)(H2,22,28)(H,23,25)(H,24,26). The fourth-order valence-electron chi connectivity index (χ4n) is 2.77. The summed E-state index contributed by atoms with van der Waals surface area (Å²) in [5.74, 6) is -1.97. The first-order chi connectivity index (χ1) is 12.8. The van der Waals surface area contributed by atoms with Gasteiger partial charge in [-0.3, -0.25) is 19.2 Å². The number of unbranched alkanes of at least 4 members (excludes halogenated alkanes) is 2. The summed E-state index contributed by atoms with van der Waals surface area (Å²) in [6.07, 6.45) is 2.82. The quantitative estimate of drug-likeness (QED) is 0.253. The molecule has 0 aliphatic rings. The van der Waals surface area contributed by atoms with E-state index in [1.165, 1.54) is 0 Å². The van der Waals surface area contributed by atoms with Crippen LogP contribution >= 0.6 is 0 Å². The highest BCUT2D eigenvalue weighted by atomic mass is 16.2. The van der Waals surface area contributed by atoms with Gasteiger partial charge < -0.3 is 27.8 Å². The monoisotopic (exact) mass is 399 g/mol. The van der Waals surface area contributed by atoms with E-state index in [4.69, 9.17) is 17.2 Å². The Morgan fingerprint density at radius 1 is 0.786 bits per heavy atom. The topological polar surface area (TPSA) is 170 Å². The average molecular weight is 400 g/mol. The van der Waals surface area contributed by atoms with Gasteiger partial charge in [0.05, 0.1) is 6.54 Å². The fraction of sp³-hybridized carbons (Fsp3) is 0.789. The number of hydrogen-bond donors (Lipinski definition) is 5. The first-order valence-electron chi connectivity index (χ1n) is 9.68. The molecule has 4 amide bonds. The van der Waals surface area contributed by atoms with Gasteiger partial charge in [-0.1, -0.05) is 27.7 Å². The lowest BCUT2D eigenvalue weighted by Gasteiger charge is -2.31. The van der Waals surface area contributed by atoms with E-state index >= 15 is 0 Å². The zero-order valence-electron chi connectivity index (χ0n) is 17.6. The van der Waals surface area contributed by atoms with Crippen molar-refractivity contribution in [1.82, 2.24) is 10.6 Å². The molecule has 0 aliphatic carbocycles. The normalized spacial score (nSPS) is 11.9. The molecule has 8 N–H and O–H groups in total. The highest BCUT2D eigenvalue weighted by Gasteiger charge is 2.37. The van der Waals surface area contributed by atoms with E-state index in [9.17, 15) is 19.2 Å². The number of primary amides is 2. The van der Waals surface area contributed by atoms with Crippen LogP contribution in [0, 0.1) is 16.7 Å². The first-order valence-corrected chi connectivity index (χ1v) is 9.68. The minimum absolute atomic E-state index is 0.0270. The molecule has 0 radical (unpaired) electrons. The smallest absolute Gasteiger partial charge is 0.233 e. The lowest BCUT2D eigenvalue weighted by molar-refractivity contribution is -0.133. The van der Waals surface area contributed by atoms with Crippen LogP contribution in [0.25, 0.3) is 0 Å². The Kier molecular flexibility index (Phi) is 10.7. The zero-order valence-corrected chi connectivity index (χ0v) is 17.6. The predicted octanol–water partition coefficient (Wildman–Crippen LogP) is -0.233. The number of carbonyl (C=O) groups excluding carboxylic acids is 4. The Balaban J connectivity index is 4.66. The Bertz CT molecular complexity index is 533. The van der Waals surface area contributed by atoms with Gasteiger partial charge in [-0.05, 0) is 32.1 Å². The van der Waals surface area contributed by atoms with Crippen molar-refractivity contribution in [3.63, 3.8) is 0 Å². The molecule has 0 aromatic rings. The van der Waals surface area contributed by atoms with Crippen LogP contribution in [0.2, 0.25) is 0 Å². The van der Waals surface area contributed by atoms with Crippen molar-refractivity contribution in [2.45, 2.75) is 59.8 Å². The number of amides is 4. The first kappa shape index (κ1) is 25.8. The maximum atomic E-state index is 12.7. The van der Waals surface area contributed by atoms with E-state index in [1.807, 2.05) is 0 Å². The average Bonchev–Trinajstić information content (AvgIpc) is 2.59. The van der Waals surface area contributed by atoms with Crippen LogP contribution in [0.3, 0.4) is 0 Å². The number of nitrogens with one attached hydrogen (secondary N) is 2. The van der Waals surface area contributed by atoms with Crippen molar-refractivity contribution < 1.29 is 19.2 Å². The van der Waals surface area contributed by atoms with Crippen LogP contribution in [-0.2, 0) is 19.2 Å². The van der Waals surface area contributed by atoms with E-state index in [-0.39, 0.29) is 31.2 Å². The number of nitrogens with two attached hydrogens (primary N) is 3. The Morgan fingerprint density at radius 3 is 1.61 bits per heavy atom. The second-order valence-electron chi connectivity index (χ2n) is 8.51. The summed E-state index contributed by atoms with van der Waals surface area (Å²) in [7, 11) is 0. The molecule has 9 heteroatoms. The van der Waals surface area contributed by atoms with Crippen LogP contribution in [-0.4, -0.2) is 43.3 Å². The van der Waals surface area contributed by atoms with Gasteiger partial charge >= 0.3 is 0 Å². The van der Waals surface area contributed by atoms with Gasteiger partial charge in [-0.15, -0.1) is 0 Å². The van der Waals surface area contributed by atoms with E-state index in [1.54, 1.807) is 27.7 Å². The van der Waals surface area contributed by atoms with Gasteiger partial charge in [0, 0.05) is 29.8 Å². The third-order valence-corrected chi connectivity index (χ3v) is 4.88.